The van der Waals surface area contributed by atoms with Gasteiger partial charge in [-0.15, -0.1) is 0 Å². The van der Waals surface area contributed by atoms with Gasteiger partial charge < -0.3 is 15.5 Å². The van der Waals surface area contributed by atoms with Gasteiger partial charge in [-0.3, -0.25) is 4.79 Å². The van der Waals surface area contributed by atoms with Crippen LogP contribution in [0, 0.1) is 0 Å². The first-order valence-corrected chi connectivity index (χ1v) is 5.99. The Kier molecular flexibility index (Phi) is 3.92. The minimum atomic E-state index is -0.455. The van der Waals surface area contributed by atoms with Gasteiger partial charge in [0.05, 0.1) is 10.6 Å². The van der Waals surface area contributed by atoms with Crippen LogP contribution >= 0.6 is 11.6 Å². The van der Waals surface area contributed by atoms with Crippen LogP contribution < -0.4 is 5.32 Å². The molecule has 0 saturated carbocycles. The van der Waals surface area contributed by atoms with Gasteiger partial charge in [0.1, 0.15) is 11.5 Å². The first-order valence-electron chi connectivity index (χ1n) is 5.61. The van der Waals surface area contributed by atoms with E-state index in [2.05, 4.69) is 5.32 Å². The maximum absolute atomic E-state index is 11.9. The molecule has 0 heterocycles. The van der Waals surface area contributed by atoms with Crippen LogP contribution in [0.1, 0.15) is 15.9 Å². The molecule has 98 valence electrons. The van der Waals surface area contributed by atoms with Crippen molar-refractivity contribution in [1.82, 2.24) is 5.32 Å². The highest BCUT2D eigenvalue weighted by atomic mass is 35.5. The maximum Gasteiger partial charge on any atom is 0.255 e. The minimum absolute atomic E-state index is 0.0164. The molecule has 0 aliphatic rings. The van der Waals surface area contributed by atoms with Gasteiger partial charge in [0, 0.05) is 12.6 Å². The summed E-state index contributed by atoms with van der Waals surface area (Å²) in [5.74, 6) is -1.03. The zero-order valence-corrected chi connectivity index (χ0v) is 10.7. The van der Waals surface area contributed by atoms with Crippen LogP contribution in [-0.4, -0.2) is 16.1 Å². The van der Waals surface area contributed by atoms with Crippen LogP contribution in [0.3, 0.4) is 0 Å². The van der Waals surface area contributed by atoms with Crippen LogP contribution in [0.2, 0.25) is 5.02 Å². The molecule has 0 radical (unpaired) electrons. The van der Waals surface area contributed by atoms with Crippen LogP contribution in [0.4, 0.5) is 0 Å². The SMILES string of the molecule is O=C(NCc1ccccc1)c1cc(Cl)c(O)cc1O. The number of carbonyl (C=O) groups excluding carboxylic acids is 1. The number of phenolic OH excluding ortho intramolecular Hbond substituents is 2. The lowest BCUT2D eigenvalue weighted by Gasteiger charge is -2.08. The second kappa shape index (κ2) is 5.63. The molecule has 0 unspecified atom stereocenters. The molecule has 0 bridgehead atoms. The summed E-state index contributed by atoms with van der Waals surface area (Å²) >= 11 is 5.71. The molecule has 0 fully saturated rings. The van der Waals surface area contributed by atoms with Gasteiger partial charge >= 0.3 is 0 Å². The molecular formula is C14H12ClNO3. The van der Waals surface area contributed by atoms with Crippen molar-refractivity contribution in [3.8, 4) is 11.5 Å². The summed E-state index contributed by atoms with van der Waals surface area (Å²) in [6.07, 6.45) is 0. The maximum atomic E-state index is 11.9. The van der Waals surface area contributed by atoms with Gasteiger partial charge in [-0.25, -0.2) is 0 Å². The molecule has 5 heteroatoms. The number of aromatic hydroxyl groups is 2. The number of phenols is 2. The summed E-state index contributed by atoms with van der Waals surface area (Å²) in [5, 5.41) is 21.6. The normalized spacial score (nSPS) is 10.2. The van der Waals surface area contributed by atoms with E-state index >= 15 is 0 Å². The van der Waals surface area contributed by atoms with Gasteiger partial charge in [0.15, 0.2) is 0 Å². The zero-order valence-electron chi connectivity index (χ0n) is 9.93. The Balaban J connectivity index is 2.10. The summed E-state index contributed by atoms with van der Waals surface area (Å²) in [4.78, 5) is 11.9. The third-order valence-electron chi connectivity index (χ3n) is 2.61. The summed E-state index contributed by atoms with van der Waals surface area (Å²) < 4.78 is 0. The molecule has 2 aromatic carbocycles. The highest BCUT2D eigenvalue weighted by Crippen LogP contribution is 2.30. The lowest BCUT2D eigenvalue weighted by molar-refractivity contribution is 0.0948. The van der Waals surface area contributed by atoms with Crippen LogP contribution in [0.15, 0.2) is 42.5 Å². The summed E-state index contributed by atoms with van der Waals surface area (Å²) in [6, 6.07) is 11.7. The van der Waals surface area contributed by atoms with E-state index in [0.717, 1.165) is 11.6 Å². The Hall–Kier alpha value is -2.20. The molecule has 2 aromatic rings. The summed E-state index contributed by atoms with van der Waals surface area (Å²) in [6.45, 7) is 0.345. The molecule has 19 heavy (non-hydrogen) atoms. The number of amides is 1. The Labute approximate surface area is 115 Å². The third kappa shape index (κ3) is 3.17. The number of halogens is 1. The van der Waals surface area contributed by atoms with Crippen molar-refractivity contribution in [3.05, 3.63) is 58.6 Å². The minimum Gasteiger partial charge on any atom is -0.507 e. The highest BCUT2D eigenvalue weighted by molar-refractivity contribution is 6.32. The Morgan fingerprint density at radius 1 is 1.11 bits per heavy atom. The number of nitrogens with one attached hydrogen (secondary N) is 1. The number of carbonyl (C=O) groups is 1. The van der Waals surface area contributed by atoms with Crippen molar-refractivity contribution < 1.29 is 15.0 Å². The van der Waals surface area contributed by atoms with E-state index in [0.29, 0.717) is 6.54 Å². The summed E-state index contributed by atoms with van der Waals surface area (Å²) in [5.41, 5.74) is 0.971. The van der Waals surface area contributed by atoms with Gasteiger partial charge in [-0.05, 0) is 11.6 Å². The molecular weight excluding hydrogens is 266 g/mol. The van der Waals surface area contributed by atoms with Crippen molar-refractivity contribution in [2.24, 2.45) is 0 Å². The van der Waals surface area contributed by atoms with E-state index in [9.17, 15) is 15.0 Å². The van der Waals surface area contributed by atoms with E-state index in [-0.39, 0.29) is 22.1 Å². The van der Waals surface area contributed by atoms with E-state index in [4.69, 9.17) is 11.6 Å². The predicted molar refractivity (Wildman–Crippen MR) is 72.4 cm³/mol. The molecule has 0 aliphatic carbocycles. The fourth-order valence-electron chi connectivity index (χ4n) is 1.61. The number of rotatable bonds is 3. The van der Waals surface area contributed by atoms with Crippen LogP contribution in [0.5, 0.6) is 11.5 Å². The van der Waals surface area contributed by atoms with E-state index < -0.39 is 5.91 Å². The Morgan fingerprint density at radius 2 is 1.79 bits per heavy atom. The fraction of sp³-hybridized carbons (Fsp3) is 0.0714. The van der Waals surface area contributed by atoms with Gasteiger partial charge in [0.2, 0.25) is 0 Å². The van der Waals surface area contributed by atoms with Crippen molar-refractivity contribution in [1.29, 1.82) is 0 Å². The van der Waals surface area contributed by atoms with E-state index in [1.807, 2.05) is 30.3 Å². The largest absolute Gasteiger partial charge is 0.507 e. The second-order valence-electron chi connectivity index (χ2n) is 3.99. The smallest absolute Gasteiger partial charge is 0.255 e. The zero-order chi connectivity index (χ0) is 13.8. The van der Waals surface area contributed by atoms with Gasteiger partial charge in [-0.1, -0.05) is 41.9 Å². The monoisotopic (exact) mass is 277 g/mol. The average Bonchev–Trinajstić information content (AvgIpc) is 2.41. The Morgan fingerprint density at radius 3 is 2.47 bits per heavy atom. The molecule has 0 aromatic heterocycles. The van der Waals surface area contributed by atoms with Crippen molar-refractivity contribution in [3.63, 3.8) is 0 Å². The lowest BCUT2D eigenvalue weighted by Crippen LogP contribution is -2.22. The van der Waals surface area contributed by atoms with Crippen LogP contribution in [0.25, 0.3) is 0 Å². The van der Waals surface area contributed by atoms with Gasteiger partial charge in [-0.2, -0.15) is 0 Å². The molecule has 2 rings (SSSR count). The highest BCUT2D eigenvalue weighted by Gasteiger charge is 2.14. The number of benzene rings is 2. The average molecular weight is 278 g/mol. The van der Waals surface area contributed by atoms with E-state index in [1.165, 1.54) is 6.07 Å². The quantitative estimate of drug-likeness (QED) is 0.808. The molecule has 3 N–H and O–H groups in total. The van der Waals surface area contributed by atoms with E-state index in [1.54, 1.807) is 0 Å². The lowest BCUT2D eigenvalue weighted by atomic mass is 10.1. The summed E-state index contributed by atoms with van der Waals surface area (Å²) in [7, 11) is 0. The third-order valence-corrected chi connectivity index (χ3v) is 2.91. The molecule has 4 nitrogen and oxygen atoms in total. The Bertz CT molecular complexity index is 599. The second-order valence-corrected chi connectivity index (χ2v) is 4.40. The first-order chi connectivity index (χ1) is 9.08. The molecule has 0 saturated heterocycles. The molecule has 1 amide bonds. The van der Waals surface area contributed by atoms with Gasteiger partial charge in [0.25, 0.3) is 5.91 Å². The number of hydrogen-bond donors (Lipinski definition) is 3. The molecule has 0 atom stereocenters. The molecule has 0 spiro atoms. The molecule has 0 aliphatic heterocycles. The van der Waals surface area contributed by atoms with Crippen molar-refractivity contribution >= 4 is 17.5 Å². The topological polar surface area (TPSA) is 69.6 Å². The van der Waals surface area contributed by atoms with Crippen molar-refractivity contribution in [2.45, 2.75) is 6.54 Å². The van der Waals surface area contributed by atoms with Crippen molar-refractivity contribution in [2.75, 3.05) is 0 Å². The standard InChI is InChI=1S/C14H12ClNO3/c15-11-6-10(12(17)7-13(11)18)14(19)16-8-9-4-2-1-3-5-9/h1-7,17-18H,8H2,(H,16,19). The van der Waals surface area contributed by atoms with Crippen LogP contribution in [-0.2, 0) is 6.54 Å². The first kappa shape index (κ1) is 13.2. The fourth-order valence-corrected chi connectivity index (χ4v) is 1.77. The number of hydrogen-bond acceptors (Lipinski definition) is 3. The predicted octanol–water partition coefficient (Wildman–Crippen LogP) is 2.68.